The number of hydrogen-bond donors (Lipinski definition) is 0. The van der Waals surface area contributed by atoms with Crippen molar-refractivity contribution < 1.29 is 9.72 Å². The van der Waals surface area contributed by atoms with Gasteiger partial charge in [-0.2, -0.15) is 0 Å². The standard InChI is InChI=1S/C12H15N3O3/c1-14(9-2-4-11(16)5-3-9)12-8-10(15(17)18)6-7-13-12/h6-9H,2-5H2,1H3. The van der Waals surface area contributed by atoms with Gasteiger partial charge in [0.25, 0.3) is 5.69 Å². The molecule has 0 radical (unpaired) electrons. The van der Waals surface area contributed by atoms with Crippen LogP contribution in [0.25, 0.3) is 0 Å². The van der Waals surface area contributed by atoms with E-state index in [-0.39, 0.29) is 11.7 Å². The van der Waals surface area contributed by atoms with Crippen LogP contribution in [0.15, 0.2) is 18.3 Å². The summed E-state index contributed by atoms with van der Waals surface area (Å²) >= 11 is 0. The lowest BCUT2D eigenvalue weighted by atomic mass is 9.93. The second-order valence-corrected chi connectivity index (χ2v) is 4.51. The van der Waals surface area contributed by atoms with E-state index in [1.165, 1.54) is 18.3 Å². The Bertz CT molecular complexity index is 465. The fourth-order valence-electron chi connectivity index (χ4n) is 2.21. The summed E-state index contributed by atoms with van der Waals surface area (Å²) in [5.41, 5.74) is 0.0405. The van der Waals surface area contributed by atoms with Gasteiger partial charge in [0.2, 0.25) is 0 Å². The quantitative estimate of drug-likeness (QED) is 0.604. The van der Waals surface area contributed by atoms with E-state index in [0.717, 1.165) is 12.8 Å². The zero-order chi connectivity index (χ0) is 13.1. The Morgan fingerprint density at radius 1 is 1.44 bits per heavy atom. The van der Waals surface area contributed by atoms with Crippen LogP contribution >= 0.6 is 0 Å². The van der Waals surface area contributed by atoms with Crippen LogP contribution in [0.3, 0.4) is 0 Å². The number of carbonyl (C=O) groups is 1. The molecule has 0 aromatic carbocycles. The molecule has 0 aliphatic heterocycles. The Morgan fingerprint density at radius 2 is 2.11 bits per heavy atom. The molecule has 1 aromatic heterocycles. The van der Waals surface area contributed by atoms with Crippen molar-refractivity contribution >= 4 is 17.3 Å². The van der Waals surface area contributed by atoms with Crippen LogP contribution in [0.2, 0.25) is 0 Å². The third-order valence-corrected chi connectivity index (χ3v) is 3.36. The van der Waals surface area contributed by atoms with Gasteiger partial charge in [-0.15, -0.1) is 0 Å². The third-order valence-electron chi connectivity index (χ3n) is 3.36. The van der Waals surface area contributed by atoms with E-state index < -0.39 is 4.92 Å². The Balaban J connectivity index is 2.13. The predicted molar refractivity (Wildman–Crippen MR) is 66.6 cm³/mol. The van der Waals surface area contributed by atoms with Crippen molar-refractivity contribution in [1.82, 2.24) is 4.98 Å². The molecule has 1 fully saturated rings. The van der Waals surface area contributed by atoms with Crippen LogP contribution < -0.4 is 4.90 Å². The zero-order valence-corrected chi connectivity index (χ0v) is 10.2. The van der Waals surface area contributed by atoms with E-state index in [1.807, 2.05) is 11.9 Å². The maximum Gasteiger partial charge on any atom is 0.274 e. The van der Waals surface area contributed by atoms with Gasteiger partial charge in [-0.25, -0.2) is 4.98 Å². The second kappa shape index (κ2) is 5.12. The maximum atomic E-state index is 11.2. The van der Waals surface area contributed by atoms with Crippen molar-refractivity contribution in [3.8, 4) is 0 Å². The predicted octanol–water partition coefficient (Wildman–Crippen LogP) is 1.94. The number of carbonyl (C=O) groups excluding carboxylic acids is 1. The molecule has 0 bridgehead atoms. The molecule has 0 unspecified atom stereocenters. The van der Waals surface area contributed by atoms with E-state index in [1.54, 1.807) is 0 Å². The van der Waals surface area contributed by atoms with Crippen molar-refractivity contribution in [3.05, 3.63) is 28.4 Å². The van der Waals surface area contributed by atoms with Gasteiger partial charge in [-0.3, -0.25) is 14.9 Å². The molecule has 6 heteroatoms. The molecule has 1 saturated carbocycles. The number of aromatic nitrogens is 1. The van der Waals surface area contributed by atoms with E-state index in [2.05, 4.69) is 4.98 Å². The number of pyridine rings is 1. The molecule has 1 aliphatic rings. The SMILES string of the molecule is CN(c1cc([N+](=O)[O-])ccn1)C1CCC(=O)CC1. The minimum absolute atomic E-state index is 0.0405. The van der Waals surface area contributed by atoms with Crippen LogP contribution in [0.5, 0.6) is 0 Å². The van der Waals surface area contributed by atoms with Crippen molar-refractivity contribution in [3.63, 3.8) is 0 Å². The molecule has 1 heterocycles. The van der Waals surface area contributed by atoms with Crippen molar-refractivity contribution in [1.29, 1.82) is 0 Å². The molecule has 96 valence electrons. The minimum Gasteiger partial charge on any atom is -0.356 e. The number of nitro groups is 1. The van der Waals surface area contributed by atoms with Gasteiger partial charge in [0.15, 0.2) is 0 Å². The van der Waals surface area contributed by atoms with Crippen LogP contribution in [-0.4, -0.2) is 28.8 Å². The molecule has 2 rings (SSSR count). The summed E-state index contributed by atoms with van der Waals surface area (Å²) in [6.07, 6.45) is 4.20. The van der Waals surface area contributed by atoms with Crippen molar-refractivity contribution in [2.75, 3.05) is 11.9 Å². The van der Waals surface area contributed by atoms with E-state index in [0.29, 0.717) is 24.4 Å². The first-order chi connectivity index (χ1) is 8.58. The Hall–Kier alpha value is -1.98. The Morgan fingerprint density at radius 3 is 2.72 bits per heavy atom. The molecule has 18 heavy (non-hydrogen) atoms. The van der Waals surface area contributed by atoms with Crippen LogP contribution in [0.1, 0.15) is 25.7 Å². The maximum absolute atomic E-state index is 11.2. The molecule has 0 spiro atoms. The monoisotopic (exact) mass is 249 g/mol. The Kier molecular flexibility index (Phi) is 3.55. The molecule has 0 atom stereocenters. The van der Waals surface area contributed by atoms with Crippen LogP contribution in [0.4, 0.5) is 11.5 Å². The van der Waals surface area contributed by atoms with Gasteiger partial charge in [0.1, 0.15) is 11.6 Å². The fraction of sp³-hybridized carbons (Fsp3) is 0.500. The molecule has 1 aliphatic carbocycles. The average molecular weight is 249 g/mol. The van der Waals surface area contributed by atoms with Gasteiger partial charge in [-0.1, -0.05) is 0 Å². The van der Waals surface area contributed by atoms with Crippen LogP contribution in [-0.2, 0) is 4.79 Å². The number of nitrogens with zero attached hydrogens (tertiary/aromatic N) is 3. The summed E-state index contributed by atoms with van der Waals surface area (Å²) in [7, 11) is 1.87. The van der Waals surface area contributed by atoms with Crippen molar-refractivity contribution in [2.45, 2.75) is 31.7 Å². The summed E-state index contributed by atoms with van der Waals surface area (Å²) in [6.45, 7) is 0. The summed E-state index contributed by atoms with van der Waals surface area (Å²) in [5.74, 6) is 0.884. The smallest absolute Gasteiger partial charge is 0.274 e. The zero-order valence-electron chi connectivity index (χ0n) is 10.2. The number of anilines is 1. The number of rotatable bonds is 3. The number of hydrogen-bond acceptors (Lipinski definition) is 5. The number of Topliss-reactive ketones (excluding diaryl/α,β-unsaturated/α-hetero) is 1. The molecule has 1 aromatic rings. The highest BCUT2D eigenvalue weighted by atomic mass is 16.6. The highest BCUT2D eigenvalue weighted by molar-refractivity contribution is 5.79. The molecule has 0 N–H and O–H groups in total. The lowest BCUT2D eigenvalue weighted by Crippen LogP contribution is -2.35. The van der Waals surface area contributed by atoms with E-state index in [4.69, 9.17) is 0 Å². The average Bonchev–Trinajstić information content (AvgIpc) is 2.39. The molecule has 6 nitrogen and oxygen atoms in total. The summed E-state index contributed by atoms with van der Waals surface area (Å²) in [4.78, 5) is 27.6. The molecular weight excluding hydrogens is 234 g/mol. The fourth-order valence-corrected chi connectivity index (χ4v) is 2.21. The van der Waals surface area contributed by atoms with Gasteiger partial charge in [-0.05, 0) is 12.8 Å². The van der Waals surface area contributed by atoms with Gasteiger partial charge in [0.05, 0.1) is 11.0 Å². The highest BCUT2D eigenvalue weighted by Crippen LogP contribution is 2.25. The first kappa shape index (κ1) is 12.5. The lowest BCUT2D eigenvalue weighted by Gasteiger charge is -2.31. The van der Waals surface area contributed by atoms with E-state index >= 15 is 0 Å². The number of ketones is 1. The topological polar surface area (TPSA) is 76.3 Å². The third kappa shape index (κ3) is 2.64. The van der Waals surface area contributed by atoms with Gasteiger partial charge in [0, 0.05) is 38.2 Å². The van der Waals surface area contributed by atoms with Gasteiger partial charge < -0.3 is 4.90 Å². The summed E-state index contributed by atoms with van der Waals surface area (Å²) in [6, 6.07) is 3.08. The van der Waals surface area contributed by atoms with Crippen LogP contribution in [0, 0.1) is 10.1 Å². The normalized spacial score (nSPS) is 16.6. The molecule has 0 amide bonds. The first-order valence-corrected chi connectivity index (χ1v) is 5.93. The largest absolute Gasteiger partial charge is 0.356 e. The highest BCUT2D eigenvalue weighted by Gasteiger charge is 2.23. The summed E-state index contributed by atoms with van der Waals surface area (Å²) < 4.78 is 0. The lowest BCUT2D eigenvalue weighted by molar-refractivity contribution is -0.384. The minimum atomic E-state index is -0.427. The second-order valence-electron chi connectivity index (χ2n) is 4.51. The summed E-state index contributed by atoms with van der Waals surface area (Å²) in [5, 5.41) is 10.7. The van der Waals surface area contributed by atoms with Crippen molar-refractivity contribution in [2.24, 2.45) is 0 Å². The van der Waals surface area contributed by atoms with E-state index in [9.17, 15) is 14.9 Å². The molecule has 0 saturated heterocycles. The Labute approximate surface area is 105 Å². The first-order valence-electron chi connectivity index (χ1n) is 5.93. The van der Waals surface area contributed by atoms with Gasteiger partial charge >= 0.3 is 0 Å². The molecular formula is C12H15N3O3.